The maximum atomic E-state index is 15.0. The van der Waals surface area contributed by atoms with Gasteiger partial charge in [0, 0.05) is 26.2 Å². The smallest absolute Gasteiger partial charge is 0.315 e. The number of methoxy groups -OCH3 is 1. The van der Waals surface area contributed by atoms with Crippen LogP contribution in [0.4, 0.5) is 13.2 Å². The number of ether oxygens (including phenoxy) is 1. The molecule has 2 atom stereocenters. The highest BCUT2D eigenvalue weighted by molar-refractivity contribution is 7.80. The third kappa shape index (κ3) is 4.98. The highest BCUT2D eigenvalue weighted by Gasteiger charge is 2.35. The van der Waals surface area contributed by atoms with Crippen molar-refractivity contribution in [2.24, 2.45) is 5.92 Å². The Hall–Kier alpha value is -2.47. The molecule has 30 heavy (non-hydrogen) atoms. The Bertz CT molecular complexity index is 851. The van der Waals surface area contributed by atoms with Gasteiger partial charge in [-0.2, -0.15) is 8.78 Å². The number of nitrogens with zero attached hydrogens (tertiary/aromatic N) is 5. The number of allylic oxidation sites excluding steroid dienone is 2. The Labute approximate surface area is 177 Å². The lowest BCUT2D eigenvalue weighted by atomic mass is 9.92. The van der Waals surface area contributed by atoms with Crippen LogP contribution in [0.25, 0.3) is 5.70 Å². The third-order valence-corrected chi connectivity index (χ3v) is 5.42. The molecule has 1 saturated heterocycles. The van der Waals surface area contributed by atoms with Crippen LogP contribution in [0.1, 0.15) is 12.6 Å². The van der Waals surface area contributed by atoms with Crippen molar-refractivity contribution in [2.75, 3.05) is 33.3 Å². The minimum Gasteiger partial charge on any atom is -0.474 e. The maximum Gasteiger partial charge on any atom is 0.315 e. The molecule has 2 heterocycles. The number of nitrogens with one attached hydrogen (secondary N) is 1. The number of carbonyl (C=O) groups is 1. The monoisotopic (exact) mass is 444 g/mol. The first-order valence-corrected chi connectivity index (χ1v) is 9.84. The molecular weight excluding hydrogens is 421 g/mol. The molecule has 8 nitrogen and oxygen atoms in total. The lowest BCUT2D eigenvalue weighted by Gasteiger charge is -2.41. The average molecular weight is 444 g/mol. The van der Waals surface area contributed by atoms with Crippen molar-refractivity contribution in [3.05, 3.63) is 29.9 Å². The molecule has 0 saturated carbocycles. The molecule has 1 aliphatic carbocycles. The van der Waals surface area contributed by atoms with Crippen molar-refractivity contribution < 1.29 is 22.7 Å². The topological polar surface area (TPSA) is 75.5 Å². The number of halogens is 3. The number of rotatable bonds is 5. The van der Waals surface area contributed by atoms with Gasteiger partial charge >= 0.3 is 6.43 Å². The van der Waals surface area contributed by atoms with E-state index in [1.54, 1.807) is 6.20 Å². The van der Waals surface area contributed by atoms with Gasteiger partial charge < -0.3 is 15.0 Å². The van der Waals surface area contributed by atoms with E-state index in [-0.39, 0.29) is 30.0 Å². The SMILES string of the molecule is COC(=S)NCc1cn(C2=CC(C)C(N3CCN(C(=O)C(F)F)CC3)C(F)=C2)nn1. The molecule has 12 heteroatoms. The summed E-state index contributed by atoms with van der Waals surface area (Å²) >= 11 is 4.90. The van der Waals surface area contributed by atoms with E-state index in [4.69, 9.17) is 17.0 Å². The van der Waals surface area contributed by atoms with Crippen molar-refractivity contribution in [3.63, 3.8) is 0 Å². The predicted octanol–water partition coefficient (Wildman–Crippen LogP) is 1.42. The third-order valence-electron chi connectivity index (χ3n) is 5.11. The van der Waals surface area contributed by atoms with Crippen molar-refractivity contribution in [3.8, 4) is 0 Å². The van der Waals surface area contributed by atoms with Gasteiger partial charge in [0.25, 0.3) is 11.1 Å². The number of carbonyl (C=O) groups excluding carboxylic acids is 1. The van der Waals surface area contributed by atoms with Crippen LogP contribution in [0.2, 0.25) is 0 Å². The summed E-state index contributed by atoms with van der Waals surface area (Å²) in [7, 11) is 1.46. The van der Waals surface area contributed by atoms with E-state index in [9.17, 15) is 18.0 Å². The zero-order chi connectivity index (χ0) is 21.8. The molecule has 1 fully saturated rings. The van der Waals surface area contributed by atoms with Crippen LogP contribution < -0.4 is 5.32 Å². The number of thiocarbonyl (C=S) groups is 1. The van der Waals surface area contributed by atoms with E-state index in [0.717, 1.165) is 4.90 Å². The molecule has 0 radical (unpaired) electrons. The van der Waals surface area contributed by atoms with Crippen LogP contribution >= 0.6 is 12.2 Å². The molecule has 164 valence electrons. The van der Waals surface area contributed by atoms with Crippen molar-refractivity contribution in [1.29, 1.82) is 0 Å². The highest BCUT2D eigenvalue weighted by Crippen LogP contribution is 2.31. The quantitative estimate of drug-likeness (QED) is 0.689. The predicted molar refractivity (Wildman–Crippen MR) is 107 cm³/mol. The van der Waals surface area contributed by atoms with Crippen LogP contribution in [-0.4, -0.2) is 81.6 Å². The fraction of sp³-hybridized carbons (Fsp3) is 0.556. The van der Waals surface area contributed by atoms with Gasteiger partial charge in [-0.3, -0.25) is 9.69 Å². The van der Waals surface area contributed by atoms with E-state index in [0.29, 0.717) is 31.0 Å². The molecule has 2 unspecified atom stereocenters. The zero-order valence-corrected chi connectivity index (χ0v) is 17.4. The van der Waals surface area contributed by atoms with E-state index in [1.807, 2.05) is 17.9 Å². The van der Waals surface area contributed by atoms with Gasteiger partial charge in [0.05, 0.1) is 31.6 Å². The van der Waals surface area contributed by atoms with Gasteiger partial charge in [-0.25, -0.2) is 9.07 Å². The largest absolute Gasteiger partial charge is 0.474 e. The van der Waals surface area contributed by atoms with Gasteiger partial charge in [0.15, 0.2) is 0 Å². The Morgan fingerprint density at radius 3 is 2.67 bits per heavy atom. The summed E-state index contributed by atoms with van der Waals surface area (Å²) in [5.74, 6) is -1.70. The average Bonchev–Trinajstić information content (AvgIpc) is 3.20. The number of hydrogen-bond acceptors (Lipinski definition) is 6. The first-order chi connectivity index (χ1) is 14.3. The summed E-state index contributed by atoms with van der Waals surface area (Å²) < 4.78 is 46.5. The fourth-order valence-corrected chi connectivity index (χ4v) is 3.71. The highest BCUT2D eigenvalue weighted by atomic mass is 32.1. The molecule has 0 bridgehead atoms. The standard InChI is InChI=1S/C18H23F3N6O2S/c1-11-7-13(27-10-12(23-24-27)9-22-18(30)29-2)8-14(19)15(11)25-3-5-26(6-4-25)17(28)16(20)21/h7-8,10-11,15-16H,3-6,9H2,1-2H3,(H,22,30). The number of hydrogen-bond donors (Lipinski definition) is 1. The molecule has 1 aliphatic heterocycles. The van der Waals surface area contributed by atoms with E-state index in [1.165, 1.54) is 17.9 Å². The zero-order valence-electron chi connectivity index (χ0n) is 16.6. The molecule has 0 aromatic carbocycles. The molecular formula is C18H23F3N6O2S. The number of amides is 1. The van der Waals surface area contributed by atoms with E-state index < -0.39 is 18.4 Å². The molecule has 1 amide bonds. The van der Waals surface area contributed by atoms with Gasteiger partial charge in [0.2, 0.25) is 0 Å². The van der Waals surface area contributed by atoms with Gasteiger partial charge in [-0.05, 0) is 24.2 Å². The van der Waals surface area contributed by atoms with Crippen LogP contribution in [0.15, 0.2) is 24.2 Å². The second-order valence-electron chi connectivity index (χ2n) is 7.09. The molecule has 2 aliphatic rings. The van der Waals surface area contributed by atoms with Crippen LogP contribution in [0.3, 0.4) is 0 Å². The molecule has 0 spiro atoms. The second kappa shape index (κ2) is 9.56. The maximum absolute atomic E-state index is 15.0. The number of piperazine rings is 1. The van der Waals surface area contributed by atoms with Crippen molar-refractivity contribution in [2.45, 2.75) is 25.9 Å². The van der Waals surface area contributed by atoms with Crippen molar-refractivity contribution >= 4 is 29.0 Å². The van der Waals surface area contributed by atoms with Crippen molar-refractivity contribution in [1.82, 2.24) is 30.1 Å². The van der Waals surface area contributed by atoms with Crippen LogP contribution in [-0.2, 0) is 16.1 Å². The molecule has 3 rings (SSSR count). The van der Waals surface area contributed by atoms with Crippen LogP contribution in [0.5, 0.6) is 0 Å². The van der Waals surface area contributed by atoms with E-state index >= 15 is 0 Å². The Kier molecular flexibility index (Phi) is 7.08. The summed E-state index contributed by atoms with van der Waals surface area (Å²) in [6, 6.07) is -0.513. The molecule has 1 aromatic rings. The van der Waals surface area contributed by atoms with Gasteiger partial charge in [-0.15, -0.1) is 5.10 Å². The first-order valence-electron chi connectivity index (χ1n) is 9.43. The summed E-state index contributed by atoms with van der Waals surface area (Å²) in [5, 5.41) is 11.1. The Morgan fingerprint density at radius 2 is 2.07 bits per heavy atom. The summed E-state index contributed by atoms with van der Waals surface area (Å²) in [4.78, 5) is 14.4. The summed E-state index contributed by atoms with van der Waals surface area (Å²) in [6.45, 7) is 3.17. The Balaban J connectivity index is 1.63. The summed E-state index contributed by atoms with van der Waals surface area (Å²) in [6.07, 6.45) is 1.94. The molecule has 1 N–H and O–H groups in total. The second-order valence-corrected chi connectivity index (χ2v) is 7.46. The lowest BCUT2D eigenvalue weighted by Crippen LogP contribution is -2.54. The minimum absolute atomic E-state index is 0.152. The molecule has 1 aromatic heterocycles. The normalized spacial score (nSPS) is 22.5. The summed E-state index contributed by atoms with van der Waals surface area (Å²) in [5.41, 5.74) is 1.16. The van der Waals surface area contributed by atoms with E-state index in [2.05, 4.69) is 15.6 Å². The Morgan fingerprint density at radius 1 is 1.37 bits per heavy atom. The lowest BCUT2D eigenvalue weighted by molar-refractivity contribution is -0.144. The first kappa shape index (κ1) is 22.2. The minimum atomic E-state index is -3.01. The van der Waals surface area contributed by atoms with Gasteiger partial charge in [-0.1, -0.05) is 18.2 Å². The van der Waals surface area contributed by atoms with Gasteiger partial charge in [0.1, 0.15) is 11.5 Å². The number of alkyl halides is 2. The number of aromatic nitrogens is 3. The fourth-order valence-electron chi connectivity index (χ4n) is 3.63. The van der Waals surface area contributed by atoms with Crippen LogP contribution in [0, 0.1) is 5.92 Å².